The molecule has 0 saturated heterocycles. The standard InChI is InChI=1S/C55H36N2/c1-3-13-44(14-4-1)55(45-15-5-2-6-16-45)50-19-9-7-17-46(50)47-31-30-43(35-51(47)55)42-29-28-40-33-39(26-27-41(40)34-42)37-22-24-38(25-23-37)49-36-54(53-21-11-12-32-56-53)57-52-20-10-8-18-48(49)52/h1-36H. The zero-order valence-electron chi connectivity index (χ0n) is 31.2. The first-order valence-corrected chi connectivity index (χ1v) is 19.6. The summed E-state index contributed by atoms with van der Waals surface area (Å²) in [5.74, 6) is 0. The van der Waals surface area contributed by atoms with Gasteiger partial charge >= 0.3 is 0 Å². The minimum atomic E-state index is -0.419. The molecule has 2 heterocycles. The van der Waals surface area contributed by atoms with Crippen LogP contribution in [0.2, 0.25) is 0 Å². The summed E-state index contributed by atoms with van der Waals surface area (Å²) in [5, 5.41) is 3.57. The maximum Gasteiger partial charge on any atom is 0.0900 e. The molecule has 2 heteroatoms. The summed E-state index contributed by atoms with van der Waals surface area (Å²) in [6.45, 7) is 0. The van der Waals surface area contributed by atoms with Crippen LogP contribution in [-0.2, 0) is 5.41 Å². The van der Waals surface area contributed by atoms with Crippen molar-refractivity contribution in [1.29, 1.82) is 0 Å². The normalized spacial score (nSPS) is 12.7. The summed E-state index contributed by atoms with van der Waals surface area (Å²) in [7, 11) is 0. The molecule has 0 aliphatic heterocycles. The highest BCUT2D eigenvalue weighted by Gasteiger charge is 2.46. The molecule has 0 amide bonds. The smallest absolute Gasteiger partial charge is 0.0900 e. The van der Waals surface area contributed by atoms with Crippen molar-refractivity contribution in [3.8, 4) is 55.9 Å². The summed E-state index contributed by atoms with van der Waals surface area (Å²) in [6.07, 6.45) is 1.82. The second-order valence-corrected chi connectivity index (χ2v) is 14.9. The summed E-state index contributed by atoms with van der Waals surface area (Å²) >= 11 is 0. The van der Waals surface area contributed by atoms with Gasteiger partial charge in [0, 0.05) is 11.6 Å². The van der Waals surface area contributed by atoms with Crippen LogP contribution in [0.3, 0.4) is 0 Å². The summed E-state index contributed by atoms with van der Waals surface area (Å²) in [4.78, 5) is 9.52. The molecule has 2 nitrogen and oxygen atoms in total. The van der Waals surface area contributed by atoms with Crippen molar-refractivity contribution >= 4 is 21.7 Å². The minimum absolute atomic E-state index is 0.419. The number of nitrogens with zero attached hydrogens (tertiary/aromatic N) is 2. The first-order chi connectivity index (χ1) is 28.2. The van der Waals surface area contributed by atoms with Crippen molar-refractivity contribution in [2.24, 2.45) is 0 Å². The van der Waals surface area contributed by atoms with Crippen LogP contribution in [0.4, 0.5) is 0 Å². The lowest BCUT2D eigenvalue weighted by molar-refractivity contribution is 0.769. The van der Waals surface area contributed by atoms with E-state index >= 15 is 0 Å². The maximum absolute atomic E-state index is 4.94. The molecular formula is C55H36N2. The molecule has 0 spiro atoms. The number of rotatable bonds is 6. The maximum atomic E-state index is 4.94. The SMILES string of the molecule is c1ccc(C2(c3ccccc3)c3ccccc3-c3ccc(-c4ccc5cc(-c6ccc(-c7cc(-c8ccccn8)nc8ccccc78)cc6)ccc5c4)cc32)cc1. The van der Waals surface area contributed by atoms with Gasteiger partial charge in [-0.3, -0.25) is 4.98 Å². The van der Waals surface area contributed by atoms with E-state index in [4.69, 9.17) is 4.98 Å². The van der Waals surface area contributed by atoms with Gasteiger partial charge in [-0.05, 0) is 120 Å². The summed E-state index contributed by atoms with van der Waals surface area (Å²) in [6, 6.07) is 77.1. The van der Waals surface area contributed by atoms with Gasteiger partial charge in [-0.15, -0.1) is 0 Å². The Morgan fingerprint density at radius 3 is 1.61 bits per heavy atom. The van der Waals surface area contributed by atoms with Crippen molar-refractivity contribution < 1.29 is 0 Å². The average Bonchev–Trinajstić information content (AvgIpc) is 3.59. The highest BCUT2D eigenvalue weighted by atomic mass is 14.8. The van der Waals surface area contributed by atoms with E-state index in [-0.39, 0.29) is 0 Å². The van der Waals surface area contributed by atoms with Gasteiger partial charge in [0.05, 0.1) is 22.3 Å². The van der Waals surface area contributed by atoms with Crippen LogP contribution in [0.15, 0.2) is 219 Å². The van der Waals surface area contributed by atoms with E-state index in [2.05, 4.69) is 193 Å². The first kappa shape index (κ1) is 33.0. The van der Waals surface area contributed by atoms with Crippen LogP contribution in [-0.4, -0.2) is 9.97 Å². The molecule has 1 aliphatic rings. The van der Waals surface area contributed by atoms with Crippen molar-refractivity contribution in [2.45, 2.75) is 5.41 Å². The predicted molar refractivity (Wildman–Crippen MR) is 236 cm³/mol. The molecule has 0 N–H and O–H groups in total. The Morgan fingerprint density at radius 2 is 0.895 bits per heavy atom. The lowest BCUT2D eigenvalue weighted by Crippen LogP contribution is -2.28. The third-order valence-electron chi connectivity index (χ3n) is 11.8. The fraction of sp³-hybridized carbons (Fsp3) is 0.0182. The number of para-hydroxylation sites is 1. The monoisotopic (exact) mass is 724 g/mol. The molecule has 57 heavy (non-hydrogen) atoms. The fourth-order valence-corrected chi connectivity index (χ4v) is 9.13. The number of hydrogen-bond donors (Lipinski definition) is 0. The largest absolute Gasteiger partial charge is 0.255 e. The Kier molecular flexibility index (Phi) is 7.75. The molecule has 8 aromatic carbocycles. The van der Waals surface area contributed by atoms with E-state index in [0.717, 1.165) is 33.4 Å². The van der Waals surface area contributed by atoms with Crippen molar-refractivity contribution in [2.75, 3.05) is 0 Å². The van der Waals surface area contributed by atoms with Crippen LogP contribution < -0.4 is 0 Å². The van der Waals surface area contributed by atoms with E-state index < -0.39 is 5.41 Å². The van der Waals surface area contributed by atoms with E-state index in [1.165, 1.54) is 66.4 Å². The Morgan fingerprint density at radius 1 is 0.333 bits per heavy atom. The van der Waals surface area contributed by atoms with Crippen LogP contribution in [0.1, 0.15) is 22.3 Å². The second-order valence-electron chi connectivity index (χ2n) is 14.9. The topological polar surface area (TPSA) is 25.8 Å². The molecule has 0 atom stereocenters. The van der Waals surface area contributed by atoms with Crippen molar-refractivity contribution in [3.63, 3.8) is 0 Å². The molecule has 0 saturated carbocycles. The fourth-order valence-electron chi connectivity index (χ4n) is 9.13. The third-order valence-corrected chi connectivity index (χ3v) is 11.8. The molecule has 0 fully saturated rings. The highest BCUT2D eigenvalue weighted by Crippen LogP contribution is 2.56. The van der Waals surface area contributed by atoms with Crippen molar-refractivity contribution in [1.82, 2.24) is 9.97 Å². The highest BCUT2D eigenvalue weighted by molar-refractivity contribution is 5.97. The zero-order valence-corrected chi connectivity index (χ0v) is 31.2. The van der Waals surface area contributed by atoms with Gasteiger partial charge in [-0.1, -0.05) is 170 Å². The molecule has 1 aliphatic carbocycles. The molecule has 10 aromatic rings. The number of benzene rings is 8. The predicted octanol–water partition coefficient (Wildman–Crippen LogP) is 13.8. The average molecular weight is 725 g/mol. The molecule has 0 bridgehead atoms. The number of fused-ring (bicyclic) bond motifs is 5. The van der Waals surface area contributed by atoms with Gasteiger partial charge in [-0.2, -0.15) is 0 Å². The molecule has 2 aromatic heterocycles. The molecule has 11 rings (SSSR count). The number of aromatic nitrogens is 2. The number of hydrogen-bond acceptors (Lipinski definition) is 2. The zero-order chi connectivity index (χ0) is 37.8. The van der Waals surface area contributed by atoms with Gasteiger partial charge in [0.1, 0.15) is 0 Å². The van der Waals surface area contributed by atoms with Gasteiger partial charge in [-0.25, -0.2) is 4.98 Å². The van der Waals surface area contributed by atoms with E-state index in [1.54, 1.807) is 0 Å². The summed E-state index contributed by atoms with van der Waals surface area (Å²) in [5.41, 5.74) is 17.2. The van der Waals surface area contributed by atoms with Gasteiger partial charge in [0.2, 0.25) is 0 Å². The van der Waals surface area contributed by atoms with Crippen LogP contribution in [0, 0.1) is 0 Å². The van der Waals surface area contributed by atoms with E-state index in [1.807, 2.05) is 30.5 Å². The quantitative estimate of drug-likeness (QED) is 0.171. The molecule has 0 unspecified atom stereocenters. The van der Waals surface area contributed by atoms with Crippen LogP contribution in [0.5, 0.6) is 0 Å². The van der Waals surface area contributed by atoms with E-state index in [0.29, 0.717) is 0 Å². The second kappa shape index (κ2) is 13.4. The van der Waals surface area contributed by atoms with Gasteiger partial charge in [0.15, 0.2) is 0 Å². The van der Waals surface area contributed by atoms with Crippen molar-refractivity contribution in [3.05, 3.63) is 241 Å². The minimum Gasteiger partial charge on any atom is -0.255 e. The molecule has 0 radical (unpaired) electrons. The Bertz CT molecular complexity index is 3060. The lowest BCUT2D eigenvalue weighted by Gasteiger charge is -2.34. The van der Waals surface area contributed by atoms with Gasteiger partial charge in [0.25, 0.3) is 0 Å². The van der Waals surface area contributed by atoms with E-state index in [9.17, 15) is 0 Å². The first-order valence-electron chi connectivity index (χ1n) is 19.6. The Labute approximate surface area is 332 Å². The van der Waals surface area contributed by atoms with Crippen LogP contribution >= 0.6 is 0 Å². The van der Waals surface area contributed by atoms with Gasteiger partial charge < -0.3 is 0 Å². The summed E-state index contributed by atoms with van der Waals surface area (Å²) < 4.78 is 0. The lowest BCUT2D eigenvalue weighted by atomic mass is 9.67. The third kappa shape index (κ3) is 5.41. The Balaban J connectivity index is 0.957. The number of pyridine rings is 2. The molecule has 266 valence electrons. The Hall–Kier alpha value is -7.42. The van der Waals surface area contributed by atoms with Crippen LogP contribution in [0.25, 0.3) is 77.6 Å². The molecular weight excluding hydrogens is 689 g/mol.